The largest absolute Gasteiger partial charge is 0.493 e. The van der Waals surface area contributed by atoms with Gasteiger partial charge in [0.15, 0.2) is 11.5 Å². The molecule has 2 rings (SSSR count). The summed E-state index contributed by atoms with van der Waals surface area (Å²) >= 11 is 0. The van der Waals surface area contributed by atoms with Gasteiger partial charge in [-0.1, -0.05) is 6.07 Å². The van der Waals surface area contributed by atoms with Crippen LogP contribution in [0.1, 0.15) is 11.1 Å². The van der Waals surface area contributed by atoms with Crippen LogP contribution in [0.25, 0.3) is 6.08 Å². The Labute approximate surface area is 157 Å². The molecular weight excluding hydrogens is 383 g/mol. The van der Waals surface area contributed by atoms with Gasteiger partial charge in [-0.15, -0.1) is 0 Å². The molecule has 0 unspecified atom stereocenters. The third-order valence-corrected chi connectivity index (χ3v) is 3.50. The molecular formula is C18H14F3NO6. The Hall–Kier alpha value is -3.56. The number of hydrogen-bond acceptors (Lipinski definition) is 6. The van der Waals surface area contributed by atoms with E-state index in [9.17, 15) is 28.1 Å². The molecule has 0 fully saturated rings. The van der Waals surface area contributed by atoms with Crippen molar-refractivity contribution in [3.63, 3.8) is 0 Å². The van der Waals surface area contributed by atoms with E-state index < -0.39 is 28.3 Å². The number of esters is 1. The highest BCUT2D eigenvalue weighted by Gasteiger charge is 2.33. The summed E-state index contributed by atoms with van der Waals surface area (Å²) in [6.07, 6.45) is -2.11. The minimum Gasteiger partial charge on any atom is -0.493 e. The molecule has 2 aromatic carbocycles. The van der Waals surface area contributed by atoms with E-state index >= 15 is 0 Å². The molecule has 0 spiro atoms. The quantitative estimate of drug-likeness (QED) is 0.306. The number of ether oxygens (including phenoxy) is 3. The summed E-state index contributed by atoms with van der Waals surface area (Å²) in [5.74, 6) is -0.754. The first-order chi connectivity index (χ1) is 13.2. The first-order valence-corrected chi connectivity index (χ1v) is 7.63. The Balaban J connectivity index is 2.38. The van der Waals surface area contributed by atoms with Crippen molar-refractivity contribution in [3.8, 4) is 17.2 Å². The van der Waals surface area contributed by atoms with Gasteiger partial charge < -0.3 is 14.2 Å². The number of halogens is 3. The van der Waals surface area contributed by atoms with Crippen LogP contribution in [0.4, 0.5) is 18.9 Å². The first-order valence-electron chi connectivity index (χ1n) is 7.63. The number of alkyl halides is 3. The molecule has 0 heterocycles. The van der Waals surface area contributed by atoms with Crippen LogP contribution in [0.5, 0.6) is 17.2 Å². The van der Waals surface area contributed by atoms with Crippen LogP contribution in [0.3, 0.4) is 0 Å². The second-order valence-electron chi connectivity index (χ2n) is 5.31. The fraction of sp³-hybridized carbons (Fsp3) is 0.167. The van der Waals surface area contributed by atoms with Crippen molar-refractivity contribution in [2.24, 2.45) is 0 Å². The third-order valence-electron chi connectivity index (χ3n) is 3.50. The number of carbonyl (C=O) groups is 1. The van der Waals surface area contributed by atoms with Crippen molar-refractivity contribution in [2.75, 3.05) is 14.2 Å². The molecule has 0 aliphatic heterocycles. The maximum Gasteiger partial charge on any atom is 0.416 e. The van der Waals surface area contributed by atoms with E-state index in [4.69, 9.17) is 9.47 Å². The number of methoxy groups -OCH3 is 2. The van der Waals surface area contributed by atoms with Crippen LogP contribution >= 0.6 is 0 Å². The van der Waals surface area contributed by atoms with E-state index in [2.05, 4.69) is 4.74 Å². The summed E-state index contributed by atoms with van der Waals surface area (Å²) in [5, 5.41) is 11.2. The smallest absolute Gasteiger partial charge is 0.416 e. The van der Waals surface area contributed by atoms with Gasteiger partial charge in [0.25, 0.3) is 0 Å². The zero-order chi connectivity index (χ0) is 20.9. The molecule has 0 saturated heterocycles. The van der Waals surface area contributed by atoms with E-state index in [0.717, 1.165) is 6.07 Å². The molecule has 0 atom stereocenters. The summed E-state index contributed by atoms with van der Waals surface area (Å²) in [6, 6.07) is 6.35. The van der Waals surface area contributed by atoms with Gasteiger partial charge in [-0.25, -0.2) is 4.79 Å². The predicted octanol–water partition coefficient (Wildman–Crippen LogP) is 4.60. The number of hydrogen-bond donors (Lipinski definition) is 0. The average molecular weight is 397 g/mol. The lowest BCUT2D eigenvalue weighted by Crippen LogP contribution is -2.06. The van der Waals surface area contributed by atoms with Crippen molar-refractivity contribution >= 4 is 17.7 Å². The fourth-order valence-electron chi connectivity index (χ4n) is 2.15. The molecule has 0 bridgehead atoms. The number of carbonyl (C=O) groups excluding carboxylic acids is 1. The summed E-state index contributed by atoms with van der Waals surface area (Å²) in [6.45, 7) is 0. The van der Waals surface area contributed by atoms with Crippen LogP contribution in [0.2, 0.25) is 0 Å². The van der Waals surface area contributed by atoms with Gasteiger partial charge in [0, 0.05) is 12.1 Å². The maximum absolute atomic E-state index is 12.8. The Morgan fingerprint density at radius 1 is 1.07 bits per heavy atom. The van der Waals surface area contributed by atoms with E-state index in [0.29, 0.717) is 17.7 Å². The van der Waals surface area contributed by atoms with Gasteiger partial charge in [0.05, 0.1) is 24.7 Å². The molecule has 0 aromatic heterocycles. The number of nitro groups is 1. The standard InChI is InChI=1S/C18H14F3NO6/c1-26-16-9-11(4-8-17(23)27-2)3-6-15(16)28-14-7-5-12(18(19,20)21)10-13(14)22(24)25/h3-10H,1-2H3/b8-4+. The van der Waals surface area contributed by atoms with Gasteiger partial charge in [-0.2, -0.15) is 13.2 Å². The van der Waals surface area contributed by atoms with E-state index in [1.54, 1.807) is 0 Å². The van der Waals surface area contributed by atoms with Crippen LogP contribution in [-0.2, 0) is 15.7 Å². The number of rotatable bonds is 6. The Morgan fingerprint density at radius 2 is 1.75 bits per heavy atom. The molecule has 148 valence electrons. The molecule has 10 heteroatoms. The summed E-state index contributed by atoms with van der Waals surface area (Å²) in [5.41, 5.74) is -1.47. The maximum atomic E-state index is 12.8. The van der Waals surface area contributed by atoms with Gasteiger partial charge in [-0.05, 0) is 35.9 Å². The lowest BCUT2D eigenvalue weighted by molar-refractivity contribution is -0.385. The molecule has 0 aliphatic carbocycles. The van der Waals surface area contributed by atoms with Crippen molar-refractivity contribution in [1.29, 1.82) is 0 Å². The number of nitrogens with zero attached hydrogens (tertiary/aromatic N) is 1. The molecule has 2 aromatic rings. The Morgan fingerprint density at radius 3 is 2.32 bits per heavy atom. The third kappa shape index (κ3) is 5.00. The van der Waals surface area contributed by atoms with Crippen molar-refractivity contribution < 1.29 is 37.1 Å². The minimum atomic E-state index is -4.73. The predicted molar refractivity (Wildman–Crippen MR) is 92.2 cm³/mol. The summed E-state index contributed by atoms with van der Waals surface area (Å²) in [4.78, 5) is 21.3. The van der Waals surface area contributed by atoms with Crippen LogP contribution in [0, 0.1) is 10.1 Å². The minimum absolute atomic E-state index is 0.0422. The molecule has 0 amide bonds. The highest BCUT2D eigenvalue weighted by Crippen LogP contribution is 2.40. The van der Waals surface area contributed by atoms with E-state index in [-0.39, 0.29) is 17.2 Å². The summed E-state index contributed by atoms with van der Waals surface area (Å²) < 4.78 is 53.4. The zero-order valence-electron chi connectivity index (χ0n) is 14.6. The topological polar surface area (TPSA) is 87.9 Å². The lowest BCUT2D eigenvalue weighted by atomic mass is 10.1. The van der Waals surface area contributed by atoms with Crippen molar-refractivity contribution in [3.05, 3.63) is 63.7 Å². The van der Waals surface area contributed by atoms with Crippen LogP contribution < -0.4 is 9.47 Å². The second-order valence-corrected chi connectivity index (χ2v) is 5.31. The molecule has 0 aliphatic rings. The second kappa shape index (κ2) is 8.42. The molecule has 0 saturated carbocycles. The van der Waals surface area contributed by atoms with E-state index in [1.165, 1.54) is 44.6 Å². The Kier molecular flexibility index (Phi) is 6.24. The van der Waals surface area contributed by atoms with Gasteiger partial charge in [0.2, 0.25) is 5.75 Å². The van der Waals surface area contributed by atoms with Gasteiger partial charge in [0.1, 0.15) is 0 Å². The Bertz CT molecular complexity index is 924. The highest BCUT2D eigenvalue weighted by atomic mass is 19.4. The van der Waals surface area contributed by atoms with Crippen LogP contribution in [-0.4, -0.2) is 25.1 Å². The average Bonchev–Trinajstić information content (AvgIpc) is 2.65. The van der Waals surface area contributed by atoms with Crippen molar-refractivity contribution in [1.82, 2.24) is 0 Å². The molecule has 0 N–H and O–H groups in total. The van der Waals surface area contributed by atoms with Gasteiger partial charge >= 0.3 is 17.8 Å². The monoisotopic (exact) mass is 397 g/mol. The van der Waals surface area contributed by atoms with Gasteiger partial charge in [-0.3, -0.25) is 10.1 Å². The highest BCUT2D eigenvalue weighted by molar-refractivity contribution is 5.87. The lowest BCUT2D eigenvalue weighted by Gasteiger charge is -2.12. The summed E-state index contributed by atoms with van der Waals surface area (Å²) in [7, 11) is 2.54. The molecule has 28 heavy (non-hydrogen) atoms. The number of nitro benzene ring substituents is 1. The van der Waals surface area contributed by atoms with Crippen molar-refractivity contribution in [2.45, 2.75) is 6.18 Å². The first kappa shape index (κ1) is 20.7. The fourth-order valence-corrected chi connectivity index (χ4v) is 2.15. The zero-order valence-corrected chi connectivity index (χ0v) is 14.6. The SMILES string of the molecule is COC(=O)/C=C/c1ccc(Oc2ccc(C(F)(F)F)cc2[N+](=O)[O-])c(OC)c1. The normalized spacial score (nSPS) is 11.3. The van der Waals surface area contributed by atoms with Crippen LogP contribution in [0.15, 0.2) is 42.5 Å². The number of benzene rings is 2. The molecule has 7 nitrogen and oxygen atoms in total. The van der Waals surface area contributed by atoms with E-state index in [1.807, 2.05) is 0 Å². The molecule has 0 radical (unpaired) electrons.